The van der Waals surface area contributed by atoms with Crippen LogP contribution in [0.1, 0.15) is 6.92 Å². The van der Waals surface area contributed by atoms with E-state index in [2.05, 4.69) is 0 Å². The van der Waals surface area contributed by atoms with Crippen molar-refractivity contribution in [3.63, 3.8) is 0 Å². The molecular weight excluding hydrogens is 920 g/mol. The van der Waals surface area contributed by atoms with Gasteiger partial charge in [-0.05, 0) is 6.92 Å². The van der Waals surface area contributed by atoms with E-state index < -0.39 is 217 Å². The first-order valence-corrected chi connectivity index (χ1v) is 21.7. The Kier molecular flexibility index (Phi) is 18.2. The Labute approximate surface area is 381 Å². The van der Waals surface area contributed by atoms with Crippen molar-refractivity contribution < 1.29 is 143 Å². The Morgan fingerprint density at radius 3 is 1.33 bits per heavy atom. The van der Waals surface area contributed by atoms with Crippen LogP contribution in [0.5, 0.6) is 0 Å². The molecule has 30 atom stereocenters. The van der Waals surface area contributed by atoms with Crippen LogP contribution in [0.3, 0.4) is 0 Å². The van der Waals surface area contributed by atoms with Gasteiger partial charge in [-0.2, -0.15) is 0 Å². The molecule has 8 saturated heterocycles. The first-order valence-electron chi connectivity index (χ1n) is 21.7. The van der Waals surface area contributed by atoms with Crippen molar-refractivity contribution in [2.45, 2.75) is 191 Å². The molecule has 29 nitrogen and oxygen atoms in total. The lowest BCUT2D eigenvalue weighted by Gasteiger charge is -2.49. The Morgan fingerprint density at radius 1 is 0.373 bits per heavy atom. The molecule has 67 heavy (non-hydrogen) atoms. The molecule has 0 radical (unpaired) electrons. The molecule has 0 aromatic heterocycles. The fourth-order valence-electron chi connectivity index (χ4n) is 9.05. The van der Waals surface area contributed by atoms with Crippen molar-refractivity contribution in [3.8, 4) is 0 Å². The van der Waals surface area contributed by atoms with Gasteiger partial charge in [0.25, 0.3) is 0 Å². The normalized spacial score (nSPS) is 55.1. The van der Waals surface area contributed by atoms with E-state index in [1.165, 1.54) is 14.0 Å². The monoisotopic (exact) mass is 984 g/mol. The van der Waals surface area contributed by atoms with Gasteiger partial charge in [0.15, 0.2) is 37.7 Å². The lowest BCUT2D eigenvalue weighted by atomic mass is 9.95. The topological polar surface area (TPSA) is 433 Å². The SMILES string of the molecule is COC1C(O)C2COC3OC(COC4OC(CO)C(O)C(O)C4OC4OC(CO)C(OC5OC(COC(O2)C1O)C(O)C(OC1OC(C)C(O)C(O)C1O)C5O)C(O)C4O)C(O)C(OC)C3O. The zero-order valence-electron chi connectivity index (χ0n) is 36.3. The van der Waals surface area contributed by atoms with Crippen molar-refractivity contribution >= 4 is 0 Å². The van der Waals surface area contributed by atoms with Crippen LogP contribution in [-0.2, 0) is 66.3 Å². The molecule has 0 aromatic rings. The summed E-state index contributed by atoms with van der Waals surface area (Å²) in [6, 6.07) is 0. The van der Waals surface area contributed by atoms with Crippen molar-refractivity contribution in [1.29, 1.82) is 0 Å². The minimum Gasteiger partial charge on any atom is -0.394 e. The van der Waals surface area contributed by atoms with Gasteiger partial charge in [-0.25, -0.2) is 0 Å². The summed E-state index contributed by atoms with van der Waals surface area (Å²) in [5.41, 5.74) is 0. The highest BCUT2D eigenvalue weighted by molar-refractivity contribution is 4.99. The van der Waals surface area contributed by atoms with E-state index in [-0.39, 0.29) is 0 Å². The fourth-order valence-corrected chi connectivity index (χ4v) is 9.05. The molecule has 8 fully saturated rings. The predicted octanol–water partition coefficient (Wildman–Crippen LogP) is -10.7. The summed E-state index contributed by atoms with van der Waals surface area (Å²) < 4.78 is 80.5. The molecule has 0 saturated carbocycles. The second kappa shape index (κ2) is 22.7. The lowest BCUT2D eigenvalue weighted by Crippen LogP contribution is -2.67. The Hall–Kier alpha value is -1.16. The van der Waals surface area contributed by atoms with E-state index in [1.54, 1.807) is 0 Å². The molecule has 0 aromatic carbocycles. The zero-order valence-corrected chi connectivity index (χ0v) is 36.3. The largest absolute Gasteiger partial charge is 0.394 e. The lowest BCUT2D eigenvalue weighted by molar-refractivity contribution is -0.394. The fraction of sp³-hybridized carbons (Fsp3) is 1.00. The third-order valence-corrected chi connectivity index (χ3v) is 13.1. The molecule has 0 spiro atoms. The van der Waals surface area contributed by atoms with Gasteiger partial charge in [0.05, 0.1) is 39.1 Å². The predicted molar refractivity (Wildman–Crippen MR) is 204 cm³/mol. The average Bonchev–Trinajstić information content (AvgIpc) is 3.30. The molecule has 0 aliphatic carbocycles. The van der Waals surface area contributed by atoms with E-state index in [4.69, 9.17) is 66.3 Å². The van der Waals surface area contributed by atoms with Crippen LogP contribution in [0.4, 0.5) is 0 Å². The Morgan fingerprint density at radius 2 is 0.806 bits per heavy atom. The second-order valence-electron chi connectivity index (χ2n) is 17.4. The summed E-state index contributed by atoms with van der Waals surface area (Å²) in [5, 5.41) is 165. The first-order chi connectivity index (χ1) is 31.8. The number of hydrogen-bond acceptors (Lipinski definition) is 29. The van der Waals surface area contributed by atoms with E-state index >= 15 is 0 Å². The number of hydrogen-bond donors (Lipinski definition) is 15. The highest BCUT2D eigenvalue weighted by Crippen LogP contribution is 2.36. The maximum atomic E-state index is 11.6. The first kappa shape index (κ1) is 53.6. The summed E-state index contributed by atoms with van der Waals surface area (Å²) in [7, 11) is 2.32. The van der Waals surface area contributed by atoms with Gasteiger partial charge < -0.3 is 143 Å². The average molecular weight is 985 g/mol. The Bertz CT molecular complexity index is 1540. The third kappa shape index (κ3) is 10.8. The molecule has 8 aliphatic heterocycles. The molecule has 8 bridgehead atoms. The summed E-state index contributed by atoms with van der Waals surface area (Å²) in [4.78, 5) is 0. The summed E-state index contributed by atoms with van der Waals surface area (Å²) in [6.07, 6.45) is -52.6. The van der Waals surface area contributed by atoms with Gasteiger partial charge in [-0.15, -0.1) is 0 Å². The minimum atomic E-state index is -2.15. The smallest absolute Gasteiger partial charge is 0.187 e. The van der Waals surface area contributed by atoms with Crippen LogP contribution >= 0.6 is 0 Å². The van der Waals surface area contributed by atoms with Gasteiger partial charge >= 0.3 is 0 Å². The van der Waals surface area contributed by atoms with Gasteiger partial charge in [0.2, 0.25) is 0 Å². The van der Waals surface area contributed by atoms with Crippen molar-refractivity contribution in [2.75, 3.05) is 47.3 Å². The highest BCUT2D eigenvalue weighted by Gasteiger charge is 2.57. The summed E-state index contributed by atoms with van der Waals surface area (Å²) >= 11 is 0. The second-order valence-corrected chi connectivity index (χ2v) is 17.4. The van der Waals surface area contributed by atoms with E-state index in [9.17, 15) is 76.6 Å². The van der Waals surface area contributed by atoms with E-state index in [0.29, 0.717) is 0 Å². The van der Waals surface area contributed by atoms with E-state index in [1.807, 2.05) is 0 Å². The number of fused-ring (bicyclic) bond motifs is 5. The van der Waals surface area contributed by atoms with Gasteiger partial charge in [0, 0.05) is 14.2 Å². The van der Waals surface area contributed by atoms with Gasteiger partial charge in [0.1, 0.15) is 140 Å². The molecule has 8 heterocycles. The Balaban J connectivity index is 1.23. The summed E-state index contributed by atoms with van der Waals surface area (Å²) in [6.45, 7) is -2.58. The molecule has 0 amide bonds. The number of methoxy groups -OCH3 is 2. The number of aliphatic hydroxyl groups excluding tert-OH is 15. The molecule has 30 unspecified atom stereocenters. The molecular formula is C38H64O29. The van der Waals surface area contributed by atoms with Crippen LogP contribution in [0.15, 0.2) is 0 Å². The minimum absolute atomic E-state index is 0.623. The molecule has 390 valence electrons. The molecule has 8 aliphatic rings. The molecule has 8 rings (SSSR count). The van der Waals surface area contributed by atoms with Crippen LogP contribution in [0.2, 0.25) is 0 Å². The maximum absolute atomic E-state index is 11.6. The van der Waals surface area contributed by atoms with E-state index in [0.717, 1.165) is 7.11 Å². The molecule has 29 heteroatoms. The van der Waals surface area contributed by atoms with Crippen LogP contribution < -0.4 is 0 Å². The zero-order chi connectivity index (χ0) is 48.8. The van der Waals surface area contributed by atoms with Gasteiger partial charge in [-0.1, -0.05) is 0 Å². The van der Waals surface area contributed by atoms with Crippen LogP contribution in [-0.4, -0.2) is 308 Å². The molecule has 15 N–H and O–H groups in total. The van der Waals surface area contributed by atoms with Gasteiger partial charge in [-0.3, -0.25) is 0 Å². The number of ether oxygens (including phenoxy) is 14. The standard InChI is InChI=1S/C38H64O29/c1-9-15(41)20(46)23(49)35(59-9)66-31-19(45)14-7-57-34-25(51)29(54-2)17(43)12(62-34)6-56-33-26(52)30(55-3)18(44)13(63-33)8-58-38-32(21(47)16(42)10(4-39)60-38)67-36-24(50)22(48)28(11(5-40)61-36)65-37(64-14)27(31)53/h9-53H,4-8H2,1-3H3. The maximum Gasteiger partial charge on any atom is 0.187 e. The van der Waals surface area contributed by atoms with Crippen LogP contribution in [0, 0.1) is 0 Å². The number of rotatable bonds is 6. The number of aliphatic hydroxyl groups is 15. The quantitative estimate of drug-likeness (QED) is 0.117. The van der Waals surface area contributed by atoms with Crippen LogP contribution in [0.25, 0.3) is 0 Å². The summed E-state index contributed by atoms with van der Waals surface area (Å²) in [5.74, 6) is 0. The third-order valence-electron chi connectivity index (χ3n) is 13.1. The van der Waals surface area contributed by atoms with Crippen molar-refractivity contribution in [3.05, 3.63) is 0 Å². The van der Waals surface area contributed by atoms with Crippen molar-refractivity contribution in [2.24, 2.45) is 0 Å². The highest BCUT2D eigenvalue weighted by atomic mass is 16.8. The van der Waals surface area contributed by atoms with Crippen molar-refractivity contribution in [1.82, 2.24) is 0 Å².